The summed E-state index contributed by atoms with van der Waals surface area (Å²) in [5.74, 6) is 3.06. The normalized spacial score (nSPS) is 12.0. The monoisotopic (exact) mass is 478 g/mol. The average molecular weight is 479 g/mol. The molecule has 0 fully saturated rings. The SMILES string of the molecule is CCc1cc(N(CC)CC)nc(SCc2ccc(C(=O)NCc3ccc4c(c3)OCO4)cc2)n1. The number of ether oxygens (including phenoxy) is 2. The van der Waals surface area contributed by atoms with Crippen molar-refractivity contribution in [3.63, 3.8) is 0 Å². The summed E-state index contributed by atoms with van der Waals surface area (Å²) in [7, 11) is 0. The molecule has 7 nitrogen and oxygen atoms in total. The van der Waals surface area contributed by atoms with Crippen LogP contribution in [0, 0.1) is 0 Å². The van der Waals surface area contributed by atoms with Crippen molar-refractivity contribution in [2.75, 3.05) is 24.8 Å². The van der Waals surface area contributed by atoms with Gasteiger partial charge in [-0.15, -0.1) is 0 Å². The zero-order valence-electron chi connectivity index (χ0n) is 19.8. The first-order valence-electron chi connectivity index (χ1n) is 11.6. The molecule has 0 aliphatic carbocycles. The number of aromatic nitrogens is 2. The lowest BCUT2D eigenvalue weighted by molar-refractivity contribution is 0.0951. The van der Waals surface area contributed by atoms with Crippen LogP contribution in [0.25, 0.3) is 0 Å². The van der Waals surface area contributed by atoms with E-state index in [1.807, 2.05) is 42.5 Å². The van der Waals surface area contributed by atoms with E-state index in [1.165, 1.54) is 0 Å². The summed E-state index contributed by atoms with van der Waals surface area (Å²) in [6.45, 7) is 8.88. The molecule has 1 aliphatic rings. The number of carbonyl (C=O) groups is 1. The first-order valence-corrected chi connectivity index (χ1v) is 12.6. The molecule has 34 heavy (non-hydrogen) atoms. The number of rotatable bonds is 10. The Morgan fingerprint density at radius 3 is 2.44 bits per heavy atom. The van der Waals surface area contributed by atoms with Crippen LogP contribution in [0.4, 0.5) is 5.82 Å². The van der Waals surface area contributed by atoms with E-state index in [0.717, 1.165) is 58.8 Å². The fourth-order valence-electron chi connectivity index (χ4n) is 3.65. The molecule has 1 aliphatic heterocycles. The van der Waals surface area contributed by atoms with Crippen LogP contribution in [0.1, 0.15) is 48.0 Å². The lowest BCUT2D eigenvalue weighted by Gasteiger charge is -2.20. The number of nitrogens with zero attached hydrogens (tertiary/aromatic N) is 3. The molecule has 8 heteroatoms. The second kappa shape index (κ2) is 11.2. The smallest absolute Gasteiger partial charge is 0.251 e. The molecule has 0 spiro atoms. The lowest BCUT2D eigenvalue weighted by Crippen LogP contribution is -2.23. The molecular formula is C26H30N4O3S. The number of nitrogens with one attached hydrogen (secondary N) is 1. The number of benzene rings is 2. The van der Waals surface area contributed by atoms with Crippen LogP contribution in [0.15, 0.2) is 53.7 Å². The van der Waals surface area contributed by atoms with E-state index in [2.05, 4.69) is 42.0 Å². The maximum atomic E-state index is 12.6. The van der Waals surface area contributed by atoms with E-state index in [0.29, 0.717) is 17.9 Å². The molecule has 1 N–H and O–H groups in total. The number of aryl methyl sites for hydroxylation is 1. The van der Waals surface area contributed by atoms with Gasteiger partial charge >= 0.3 is 0 Å². The summed E-state index contributed by atoms with van der Waals surface area (Å²) in [6.07, 6.45) is 0.875. The molecule has 178 valence electrons. The van der Waals surface area contributed by atoms with Gasteiger partial charge in [-0.3, -0.25) is 4.79 Å². The van der Waals surface area contributed by atoms with Crippen molar-refractivity contribution in [1.82, 2.24) is 15.3 Å². The molecule has 0 radical (unpaired) electrons. The molecule has 3 aromatic rings. The summed E-state index contributed by atoms with van der Waals surface area (Å²) >= 11 is 1.62. The van der Waals surface area contributed by atoms with Gasteiger partial charge in [-0.1, -0.05) is 36.9 Å². The number of anilines is 1. The standard InChI is InChI=1S/C26H30N4O3S/c1-4-21-14-24(30(5-2)6-3)29-26(28-21)34-16-18-7-10-20(11-8-18)25(31)27-15-19-9-12-22-23(13-19)33-17-32-22/h7-14H,4-6,15-17H2,1-3H3,(H,27,31). The van der Waals surface area contributed by atoms with Crippen molar-refractivity contribution >= 4 is 23.5 Å². The zero-order chi connectivity index (χ0) is 23.9. The van der Waals surface area contributed by atoms with Crippen LogP contribution in [0.2, 0.25) is 0 Å². The molecule has 0 unspecified atom stereocenters. The quantitative estimate of drug-likeness (QED) is 0.330. The number of amides is 1. The van der Waals surface area contributed by atoms with Gasteiger partial charge in [0.2, 0.25) is 6.79 Å². The van der Waals surface area contributed by atoms with E-state index in [4.69, 9.17) is 14.5 Å². The topological polar surface area (TPSA) is 76.6 Å². The molecule has 2 aromatic carbocycles. The summed E-state index contributed by atoms with van der Waals surface area (Å²) in [5.41, 5.74) is 3.76. The van der Waals surface area contributed by atoms with Crippen LogP contribution < -0.4 is 19.7 Å². The van der Waals surface area contributed by atoms with Crippen molar-refractivity contribution in [3.8, 4) is 11.5 Å². The van der Waals surface area contributed by atoms with Gasteiger partial charge in [0.1, 0.15) is 5.82 Å². The van der Waals surface area contributed by atoms with E-state index >= 15 is 0 Å². The lowest BCUT2D eigenvalue weighted by atomic mass is 10.1. The maximum absolute atomic E-state index is 12.6. The highest BCUT2D eigenvalue weighted by molar-refractivity contribution is 7.98. The van der Waals surface area contributed by atoms with Gasteiger partial charge in [0.15, 0.2) is 16.7 Å². The largest absolute Gasteiger partial charge is 0.454 e. The molecule has 1 amide bonds. The minimum atomic E-state index is -0.111. The number of fused-ring (bicyclic) bond motifs is 1. The Kier molecular flexibility index (Phi) is 7.90. The predicted molar refractivity (Wildman–Crippen MR) is 135 cm³/mol. The Hall–Kier alpha value is -3.26. The summed E-state index contributed by atoms with van der Waals surface area (Å²) < 4.78 is 10.7. The van der Waals surface area contributed by atoms with Crippen molar-refractivity contribution in [3.05, 3.63) is 70.9 Å². The van der Waals surface area contributed by atoms with Crippen LogP contribution >= 0.6 is 11.8 Å². The summed E-state index contributed by atoms with van der Waals surface area (Å²) in [6, 6.07) is 15.4. The second-order valence-electron chi connectivity index (χ2n) is 7.88. The predicted octanol–water partition coefficient (Wildman–Crippen LogP) is 4.84. The van der Waals surface area contributed by atoms with Crippen molar-refractivity contribution in [2.45, 2.75) is 44.6 Å². The van der Waals surface area contributed by atoms with Crippen molar-refractivity contribution < 1.29 is 14.3 Å². The third-order valence-electron chi connectivity index (χ3n) is 5.67. The Morgan fingerprint density at radius 2 is 1.71 bits per heavy atom. The average Bonchev–Trinajstić information content (AvgIpc) is 3.35. The van der Waals surface area contributed by atoms with Crippen LogP contribution in [0.5, 0.6) is 11.5 Å². The Labute approximate surface area is 204 Å². The molecule has 0 bridgehead atoms. The molecular weight excluding hydrogens is 448 g/mol. The van der Waals surface area contributed by atoms with E-state index in [-0.39, 0.29) is 12.7 Å². The number of hydrogen-bond donors (Lipinski definition) is 1. The Bertz CT molecular complexity index is 1130. The highest BCUT2D eigenvalue weighted by Gasteiger charge is 2.14. The van der Waals surface area contributed by atoms with Crippen LogP contribution in [-0.2, 0) is 18.7 Å². The van der Waals surface area contributed by atoms with Gasteiger partial charge in [0.25, 0.3) is 5.91 Å². The van der Waals surface area contributed by atoms with Gasteiger partial charge in [0.05, 0.1) is 0 Å². The zero-order valence-corrected chi connectivity index (χ0v) is 20.7. The number of carbonyl (C=O) groups excluding carboxylic acids is 1. The molecule has 4 rings (SSSR count). The van der Waals surface area contributed by atoms with Gasteiger partial charge in [-0.2, -0.15) is 0 Å². The Balaban J connectivity index is 1.34. The van der Waals surface area contributed by atoms with E-state index in [9.17, 15) is 4.79 Å². The van der Waals surface area contributed by atoms with Crippen molar-refractivity contribution in [1.29, 1.82) is 0 Å². The van der Waals surface area contributed by atoms with Gasteiger partial charge in [-0.05, 0) is 55.7 Å². The van der Waals surface area contributed by atoms with Gasteiger partial charge < -0.3 is 19.7 Å². The maximum Gasteiger partial charge on any atom is 0.251 e. The number of thioether (sulfide) groups is 1. The first-order chi connectivity index (χ1) is 16.6. The Morgan fingerprint density at radius 1 is 0.971 bits per heavy atom. The fourth-order valence-corrected chi connectivity index (χ4v) is 4.48. The van der Waals surface area contributed by atoms with Crippen LogP contribution in [-0.4, -0.2) is 35.8 Å². The minimum absolute atomic E-state index is 0.111. The molecule has 0 saturated carbocycles. The molecule has 1 aromatic heterocycles. The van der Waals surface area contributed by atoms with Crippen molar-refractivity contribution in [2.24, 2.45) is 0 Å². The minimum Gasteiger partial charge on any atom is -0.454 e. The molecule has 0 saturated heterocycles. The van der Waals surface area contributed by atoms with Crippen LogP contribution in [0.3, 0.4) is 0 Å². The third-order valence-corrected chi connectivity index (χ3v) is 6.59. The fraction of sp³-hybridized carbons (Fsp3) is 0.346. The highest BCUT2D eigenvalue weighted by atomic mass is 32.2. The molecule has 0 atom stereocenters. The van der Waals surface area contributed by atoms with E-state index < -0.39 is 0 Å². The first kappa shape index (κ1) is 23.9. The van der Waals surface area contributed by atoms with E-state index in [1.54, 1.807) is 11.8 Å². The number of hydrogen-bond acceptors (Lipinski definition) is 7. The summed E-state index contributed by atoms with van der Waals surface area (Å²) in [4.78, 5) is 24.3. The highest BCUT2D eigenvalue weighted by Crippen LogP contribution is 2.32. The second-order valence-corrected chi connectivity index (χ2v) is 8.82. The van der Waals surface area contributed by atoms with Gasteiger partial charge in [-0.25, -0.2) is 9.97 Å². The third kappa shape index (κ3) is 5.80. The van der Waals surface area contributed by atoms with Gasteiger partial charge in [0, 0.05) is 42.7 Å². The summed E-state index contributed by atoms with van der Waals surface area (Å²) in [5, 5.41) is 3.74. The molecule has 2 heterocycles.